The standard InChI is InChI=1S/C16H26FN/c1-5-18-16(10-12(2)3)9-7-14-6-8-15(17)11-13(14)4/h6,8,11-12,16,18H,5,7,9-10H2,1-4H3. The SMILES string of the molecule is CCNC(CCc1ccc(F)cc1C)CC(C)C. The van der Waals surface area contributed by atoms with E-state index in [9.17, 15) is 4.39 Å². The average molecular weight is 251 g/mol. The molecule has 1 unspecified atom stereocenters. The molecular formula is C16H26FN. The van der Waals surface area contributed by atoms with Crippen molar-refractivity contribution in [3.05, 3.63) is 35.1 Å². The van der Waals surface area contributed by atoms with Crippen LogP contribution in [0.2, 0.25) is 0 Å². The van der Waals surface area contributed by atoms with Gasteiger partial charge in [0.2, 0.25) is 0 Å². The molecule has 0 aliphatic rings. The second-order valence-corrected chi connectivity index (χ2v) is 5.49. The Labute approximate surface area is 111 Å². The maximum absolute atomic E-state index is 13.0. The Morgan fingerprint density at radius 3 is 2.56 bits per heavy atom. The van der Waals surface area contributed by atoms with Gasteiger partial charge in [0, 0.05) is 6.04 Å². The zero-order chi connectivity index (χ0) is 13.5. The van der Waals surface area contributed by atoms with Crippen LogP contribution in [-0.4, -0.2) is 12.6 Å². The Balaban J connectivity index is 2.55. The molecule has 0 aliphatic carbocycles. The Kier molecular flexibility index (Phi) is 6.34. The van der Waals surface area contributed by atoms with Crippen LogP contribution in [0, 0.1) is 18.7 Å². The molecule has 0 saturated carbocycles. The first kappa shape index (κ1) is 15.2. The Morgan fingerprint density at radius 2 is 2.00 bits per heavy atom. The minimum absolute atomic E-state index is 0.137. The van der Waals surface area contributed by atoms with Crippen molar-refractivity contribution in [2.24, 2.45) is 5.92 Å². The van der Waals surface area contributed by atoms with Crippen molar-refractivity contribution in [2.45, 2.75) is 53.0 Å². The van der Waals surface area contributed by atoms with Gasteiger partial charge in [-0.15, -0.1) is 0 Å². The first-order valence-electron chi connectivity index (χ1n) is 7.01. The summed E-state index contributed by atoms with van der Waals surface area (Å²) in [4.78, 5) is 0. The molecule has 0 fully saturated rings. The fourth-order valence-electron chi connectivity index (χ4n) is 2.43. The molecule has 1 aromatic rings. The second kappa shape index (κ2) is 7.52. The van der Waals surface area contributed by atoms with Crippen molar-refractivity contribution in [3.8, 4) is 0 Å². The van der Waals surface area contributed by atoms with Crippen LogP contribution in [0.25, 0.3) is 0 Å². The molecule has 1 atom stereocenters. The van der Waals surface area contributed by atoms with Crippen LogP contribution in [-0.2, 0) is 6.42 Å². The van der Waals surface area contributed by atoms with Gasteiger partial charge in [-0.25, -0.2) is 4.39 Å². The Hall–Kier alpha value is -0.890. The zero-order valence-corrected chi connectivity index (χ0v) is 12.1. The Morgan fingerprint density at radius 1 is 1.28 bits per heavy atom. The van der Waals surface area contributed by atoms with E-state index in [2.05, 4.69) is 26.1 Å². The van der Waals surface area contributed by atoms with Gasteiger partial charge in [0.25, 0.3) is 0 Å². The highest BCUT2D eigenvalue weighted by atomic mass is 19.1. The van der Waals surface area contributed by atoms with Gasteiger partial charge in [-0.3, -0.25) is 0 Å². The van der Waals surface area contributed by atoms with Crippen molar-refractivity contribution in [1.29, 1.82) is 0 Å². The van der Waals surface area contributed by atoms with Crippen molar-refractivity contribution in [2.75, 3.05) is 6.54 Å². The molecule has 2 heteroatoms. The largest absolute Gasteiger partial charge is 0.314 e. The summed E-state index contributed by atoms with van der Waals surface area (Å²) in [5.41, 5.74) is 2.33. The molecule has 1 N–H and O–H groups in total. The van der Waals surface area contributed by atoms with E-state index in [0.29, 0.717) is 12.0 Å². The number of benzene rings is 1. The summed E-state index contributed by atoms with van der Waals surface area (Å²) in [7, 11) is 0. The smallest absolute Gasteiger partial charge is 0.123 e. The molecular weight excluding hydrogens is 225 g/mol. The van der Waals surface area contributed by atoms with E-state index in [1.54, 1.807) is 12.1 Å². The molecule has 1 rings (SSSR count). The van der Waals surface area contributed by atoms with E-state index in [-0.39, 0.29) is 5.82 Å². The molecule has 102 valence electrons. The number of nitrogens with one attached hydrogen (secondary N) is 1. The van der Waals surface area contributed by atoms with Gasteiger partial charge in [0.05, 0.1) is 0 Å². The number of hydrogen-bond donors (Lipinski definition) is 1. The highest BCUT2D eigenvalue weighted by Crippen LogP contribution is 2.15. The lowest BCUT2D eigenvalue weighted by molar-refractivity contribution is 0.405. The van der Waals surface area contributed by atoms with Gasteiger partial charge < -0.3 is 5.32 Å². The van der Waals surface area contributed by atoms with Crippen LogP contribution in [0.5, 0.6) is 0 Å². The summed E-state index contributed by atoms with van der Waals surface area (Å²) in [6, 6.07) is 5.68. The molecule has 0 heterocycles. The average Bonchev–Trinajstić information content (AvgIpc) is 2.27. The number of halogens is 1. The summed E-state index contributed by atoms with van der Waals surface area (Å²) < 4.78 is 13.0. The predicted molar refractivity (Wildman–Crippen MR) is 76.4 cm³/mol. The van der Waals surface area contributed by atoms with Crippen molar-refractivity contribution in [3.63, 3.8) is 0 Å². The fraction of sp³-hybridized carbons (Fsp3) is 0.625. The molecule has 0 aliphatic heterocycles. The molecule has 0 spiro atoms. The topological polar surface area (TPSA) is 12.0 Å². The maximum atomic E-state index is 13.0. The summed E-state index contributed by atoms with van der Waals surface area (Å²) in [6.45, 7) is 9.67. The summed E-state index contributed by atoms with van der Waals surface area (Å²) in [5.74, 6) is 0.574. The van der Waals surface area contributed by atoms with Crippen LogP contribution in [0.15, 0.2) is 18.2 Å². The molecule has 1 aromatic carbocycles. The van der Waals surface area contributed by atoms with E-state index in [1.165, 1.54) is 12.0 Å². The lowest BCUT2D eigenvalue weighted by Crippen LogP contribution is -2.30. The quantitative estimate of drug-likeness (QED) is 0.769. The molecule has 0 amide bonds. The third kappa shape index (κ3) is 5.18. The van der Waals surface area contributed by atoms with E-state index in [1.807, 2.05) is 13.0 Å². The highest BCUT2D eigenvalue weighted by molar-refractivity contribution is 5.26. The summed E-state index contributed by atoms with van der Waals surface area (Å²) in [5, 5.41) is 3.54. The zero-order valence-electron chi connectivity index (χ0n) is 12.1. The first-order chi connectivity index (χ1) is 8.52. The van der Waals surface area contributed by atoms with Gasteiger partial charge in [-0.1, -0.05) is 26.8 Å². The Bertz CT molecular complexity index is 360. The lowest BCUT2D eigenvalue weighted by Gasteiger charge is -2.20. The van der Waals surface area contributed by atoms with Crippen LogP contribution in [0.1, 0.15) is 44.7 Å². The van der Waals surface area contributed by atoms with Crippen LogP contribution in [0.4, 0.5) is 4.39 Å². The second-order valence-electron chi connectivity index (χ2n) is 5.49. The molecule has 0 radical (unpaired) electrons. The number of rotatable bonds is 7. The van der Waals surface area contributed by atoms with Gasteiger partial charge in [0.1, 0.15) is 5.82 Å². The monoisotopic (exact) mass is 251 g/mol. The van der Waals surface area contributed by atoms with Gasteiger partial charge in [-0.2, -0.15) is 0 Å². The van der Waals surface area contributed by atoms with Crippen LogP contribution in [0.3, 0.4) is 0 Å². The van der Waals surface area contributed by atoms with Gasteiger partial charge in [-0.05, 0) is 61.9 Å². The minimum atomic E-state index is -0.137. The third-order valence-electron chi connectivity index (χ3n) is 3.32. The van der Waals surface area contributed by atoms with Crippen molar-refractivity contribution < 1.29 is 4.39 Å². The molecule has 18 heavy (non-hydrogen) atoms. The van der Waals surface area contributed by atoms with Crippen LogP contribution >= 0.6 is 0 Å². The predicted octanol–water partition coefficient (Wildman–Crippen LogP) is 4.09. The normalized spacial score (nSPS) is 13.0. The fourth-order valence-corrected chi connectivity index (χ4v) is 2.43. The van der Waals surface area contributed by atoms with E-state index in [0.717, 1.165) is 24.9 Å². The van der Waals surface area contributed by atoms with Crippen LogP contribution < -0.4 is 5.32 Å². The molecule has 1 nitrogen and oxygen atoms in total. The number of aryl methyl sites for hydroxylation is 2. The van der Waals surface area contributed by atoms with Crippen molar-refractivity contribution in [1.82, 2.24) is 5.32 Å². The third-order valence-corrected chi connectivity index (χ3v) is 3.32. The first-order valence-corrected chi connectivity index (χ1v) is 7.01. The van der Waals surface area contributed by atoms with Crippen molar-refractivity contribution >= 4 is 0 Å². The minimum Gasteiger partial charge on any atom is -0.314 e. The molecule has 0 bridgehead atoms. The summed E-state index contributed by atoms with van der Waals surface area (Å²) >= 11 is 0. The lowest BCUT2D eigenvalue weighted by atomic mass is 9.95. The van der Waals surface area contributed by atoms with E-state index < -0.39 is 0 Å². The maximum Gasteiger partial charge on any atom is 0.123 e. The summed E-state index contributed by atoms with van der Waals surface area (Å²) in [6.07, 6.45) is 3.35. The number of hydrogen-bond acceptors (Lipinski definition) is 1. The van der Waals surface area contributed by atoms with E-state index in [4.69, 9.17) is 0 Å². The van der Waals surface area contributed by atoms with E-state index >= 15 is 0 Å². The molecule has 0 saturated heterocycles. The molecule has 0 aromatic heterocycles. The highest BCUT2D eigenvalue weighted by Gasteiger charge is 2.10. The van der Waals surface area contributed by atoms with Gasteiger partial charge >= 0.3 is 0 Å². The van der Waals surface area contributed by atoms with Gasteiger partial charge in [0.15, 0.2) is 0 Å².